The molecule has 0 saturated carbocycles. The van der Waals surface area contributed by atoms with Gasteiger partial charge in [-0.2, -0.15) is 0 Å². The average molecular weight is 857 g/mol. The Bertz CT molecular complexity index is 1220. The van der Waals surface area contributed by atoms with Crippen molar-refractivity contribution in [3.05, 3.63) is 0 Å². The van der Waals surface area contributed by atoms with E-state index in [1.807, 2.05) is 0 Å². The van der Waals surface area contributed by atoms with Crippen molar-refractivity contribution in [2.24, 2.45) is 0 Å². The van der Waals surface area contributed by atoms with Crippen LogP contribution in [-0.4, -0.2) is 277 Å². The maximum Gasteiger partial charge on any atom is 0.187 e. The Hall–Kier alpha value is -1.04. The molecule has 0 spiro atoms. The Kier molecular flexibility index (Phi) is 17.3. The highest BCUT2D eigenvalue weighted by molar-refractivity contribution is 4.98. The Labute approximate surface area is 329 Å². The van der Waals surface area contributed by atoms with Crippen LogP contribution in [0.1, 0.15) is 0 Å². The summed E-state index contributed by atoms with van der Waals surface area (Å²) in [6.45, 7) is -4.05. The third kappa shape index (κ3) is 9.77. The van der Waals surface area contributed by atoms with Gasteiger partial charge in [-0.1, -0.05) is 0 Å². The average Bonchev–Trinajstić information content (AvgIpc) is 3.21. The first-order valence-electron chi connectivity index (χ1n) is 18.4. The number of hydrogen-bond acceptors (Lipinski definition) is 26. The molecule has 0 aromatic heterocycles. The van der Waals surface area contributed by atoms with Gasteiger partial charge in [0.15, 0.2) is 31.5 Å². The minimum absolute atomic E-state index is 0.703. The summed E-state index contributed by atoms with van der Waals surface area (Å²) in [5.74, 6) is 0. The molecule has 26 nitrogen and oxygen atoms in total. The number of hydrogen-bond donors (Lipinski definition) is 15. The van der Waals surface area contributed by atoms with E-state index in [1.165, 1.54) is 7.11 Å². The molecule has 0 aromatic carbocycles. The third-order valence-corrected chi connectivity index (χ3v) is 10.8. The molecule has 0 radical (unpaired) electrons. The van der Waals surface area contributed by atoms with Crippen LogP contribution in [0.2, 0.25) is 0 Å². The van der Waals surface area contributed by atoms with E-state index in [0.717, 1.165) is 7.11 Å². The molecule has 58 heavy (non-hydrogen) atoms. The largest absolute Gasteiger partial charge is 0.394 e. The maximum atomic E-state index is 11.3. The van der Waals surface area contributed by atoms with Crippen molar-refractivity contribution in [3.63, 3.8) is 0 Å². The Balaban J connectivity index is 1.29. The van der Waals surface area contributed by atoms with Crippen molar-refractivity contribution in [3.8, 4) is 0 Å². The molecule has 5 aliphatic rings. The zero-order chi connectivity index (χ0) is 42.7. The van der Waals surface area contributed by atoms with E-state index in [2.05, 4.69) is 0 Å². The van der Waals surface area contributed by atoms with Crippen LogP contribution in [0.15, 0.2) is 0 Å². The van der Waals surface area contributed by atoms with Crippen molar-refractivity contribution in [2.75, 3.05) is 47.3 Å². The highest BCUT2D eigenvalue weighted by Crippen LogP contribution is 2.34. The van der Waals surface area contributed by atoms with Crippen LogP contribution in [0.4, 0.5) is 0 Å². The van der Waals surface area contributed by atoms with Gasteiger partial charge >= 0.3 is 0 Å². The van der Waals surface area contributed by atoms with Crippen molar-refractivity contribution in [1.29, 1.82) is 0 Å². The fraction of sp³-hybridized carbons (Fsp3) is 1.00. The highest BCUT2D eigenvalue weighted by atomic mass is 16.8. The summed E-state index contributed by atoms with van der Waals surface area (Å²) in [5.41, 5.74) is 0. The van der Waals surface area contributed by atoms with Gasteiger partial charge in [-0.25, -0.2) is 0 Å². The number of rotatable bonds is 15. The van der Waals surface area contributed by atoms with Crippen molar-refractivity contribution < 1.29 is 129 Å². The summed E-state index contributed by atoms with van der Waals surface area (Å²) >= 11 is 0. The number of methoxy groups -OCH3 is 2. The molecule has 340 valence electrons. The Morgan fingerprint density at radius 1 is 0.328 bits per heavy atom. The molecule has 10 unspecified atom stereocenters. The molecule has 0 aliphatic carbocycles. The predicted octanol–water partition coefficient (Wildman–Crippen LogP) is -10.6. The summed E-state index contributed by atoms with van der Waals surface area (Å²) < 4.78 is 60.4. The van der Waals surface area contributed by atoms with E-state index in [-0.39, 0.29) is 0 Å². The van der Waals surface area contributed by atoms with Crippen LogP contribution < -0.4 is 0 Å². The molecule has 25 atom stereocenters. The topological polar surface area (TPSA) is 405 Å². The molecule has 5 fully saturated rings. The predicted molar refractivity (Wildman–Crippen MR) is 176 cm³/mol. The van der Waals surface area contributed by atoms with Gasteiger partial charge in [0.25, 0.3) is 0 Å². The van der Waals surface area contributed by atoms with Gasteiger partial charge < -0.3 is 129 Å². The van der Waals surface area contributed by atoms with Gasteiger partial charge in [0, 0.05) is 14.2 Å². The monoisotopic (exact) mass is 856 g/mol. The normalized spacial score (nSPS) is 51.8. The lowest BCUT2D eigenvalue weighted by Gasteiger charge is -2.48. The smallest absolute Gasteiger partial charge is 0.187 e. The first-order chi connectivity index (χ1) is 27.6. The van der Waals surface area contributed by atoms with Crippen LogP contribution in [0, 0.1) is 0 Å². The Morgan fingerprint density at radius 2 is 0.655 bits per heavy atom. The summed E-state index contributed by atoms with van der Waals surface area (Å²) in [7, 11) is 2.33. The summed E-state index contributed by atoms with van der Waals surface area (Å²) in [5, 5.41) is 158. The first kappa shape index (κ1) is 48.0. The van der Waals surface area contributed by atoms with Gasteiger partial charge in [0.05, 0.1) is 33.0 Å². The maximum absolute atomic E-state index is 11.3. The van der Waals surface area contributed by atoms with Crippen LogP contribution in [-0.2, 0) is 52.1 Å². The number of aliphatic hydroxyl groups is 15. The molecule has 15 N–H and O–H groups in total. The molecule has 5 saturated heterocycles. The number of aliphatic hydroxyl groups excluding tert-OH is 15. The lowest BCUT2D eigenvalue weighted by Crippen LogP contribution is -2.67. The second-order valence-corrected chi connectivity index (χ2v) is 14.4. The zero-order valence-electron chi connectivity index (χ0n) is 31.2. The van der Waals surface area contributed by atoms with E-state index in [1.54, 1.807) is 0 Å². The molecule has 5 rings (SSSR count). The minimum atomic E-state index is -2.07. The minimum Gasteiger partial charge on any atom is -0.394 e. The molecular formula is C32H56O26. The van der Waals surface area contributed by atoms with Gasteiger partial charge in [-0.15, -0.1) is 0 Å². The van der Waals surface area contributed by atoms with Gasteiger partial charge in [0.1, 0.15) is 122 Å². The zero-order valence-corrected chi connectivity index (χ0v) is 31.2. The molecule has 0 aromatic rings. The van der Waals surface area contributed by atoms with Crippen LogP contribution in [0.5, 0.6) is 0 Å². The molecule has 5 aliphatic heterocycles. The lowest BCUT2D eigenvalue weighted by molar-refractivity contribution is -0.384. The van der Waals surface area contributed by atoms with E-state index in [0.29, 0.717) is 0 Å². The van der Waals surface area contributed by atoms with Crippen molar-refractivity contribution in [1.82, 2.24) is 0 Å². The van der Waals surface area contributed by atoms with Crippen LogP contribution >= 0.6 is 0 Å². The van der Waals surface area contributed by atoms with E-state index >= 15 is 0 Å². The number of ether oxygens (including phenoxy) is 11. The van der Waals surface area contributed by atoms with Gasteiger partial charge in [-0.3, -0.25) is 0 Å². The Morgan fingerprint density at radius 3 is 1.09 bits per heavy atom. The molecule has 0 bridgehead atoms. The van der Waals surface area contributed by atoms with E-state index in [9.17, 15) is 76.6 Å². The van der Waals surface area contributed by atoms with Crippen LogP contribution in [0.25, 0.3) is 0 Å². The molecule has 0 amide bonds. The van der Waals surface area contributed by atoms with Crippen LogP contribution in [0.3, 0.4) is 0 Å². The standard InChI is InChI=1S/C32H56O26/c1-48-24-17(41)12(55-31(20(24)44)57-25-14(38)9(4-34)51-28(49-2)21(25)45)7-50-29-22(46)26(15(39)10(5-35)52-29)58-32-23(47)27(16(40)11(6-36)54-32)56-30-19(43)18(42)13(37)8(3-33)53-30/h8-47H,3-7H2,1-2H3/t8?,9?,10?,11?,12?,13-,14-,15-,16-,17-,18-,19?,20?,21?,22?,23?,24-,25-,26-,27-,28+,29+,30-,31-,32-/m0/s1. The fourth-order valence-corrected chi connectivity index (χ4v) is 7.35. The highest BCUT2D eigenvalue weighted by Gasteiger charge is 2.55. The molecule has 26 heteroatoms. The third-order valence-electron chi connectivity index (χ3n) is 10.8. The SMILES string of the molecule is CO[C@@H]1OC(CO)[C@H](O)[C@H](O[C@@H]2OC(CO[C@@H]3OC(CO)[C@H](O)[C@H](O[C@@H]4OC(CO)[C@H](O)[C@H](O[C@@H]5OC(CO)[C@H](O)[C@H](O)C5O)C4O)C3O)[C@H](O)[C@H](OC)C2O)C1O. The van der Waals surface area contributed by atoms with Gasteiger partial charge in [-0.05, 0) is 0 Å². The second kappa shape index (κ2) is 20.9. The summed E-state index contributed by atoms with van der Waals surface area (Å²) in [6.07, 6.45) is -43.0. The summed E-state index contributed by atoms with van der Waals surface area (Å²) in [4.78, 5) is 0. The second-order valence-electron chi connectivity index (χ2n) is 14.4. The van der Waals surface area contributed by atoms with E-state index in [4.69, 9.17) is 52.1 Å². The summed E-state index contributed by atoms with van der Waals surface area (Å²) in [6, 6.07) is 0. The van der Waals surface area contributed by atoms with Crippen molar-refractivity contribution in [2.45, 2.75) is 154 Å². The van der Waals surface area contributed by atoms with Gasteiger partial charge in [0.2, 0.25) is 0 Å². The molecular weight excluding hydrogens is 800 g/mol. The lowest BCUT2D eigenvalue weighted by atomic mass is 9.96. The molecule has 5 heterocycles. The first-order valence-corrected chi connectivity index (χ1v) is 18.4. The van der Waals surface area contributed by atoms with E-state index < -0.39 is 187 Å². The van der Waals surface area contributed by atoms with Crippen molar-refractivity contribution >= 4 is 0 Å². The quantitative estimate of drug-likeness (QED) is 0.0727. The fourth-order valence-electron chi connectivity index (χ4n) is 7.35.